The first-order chi connectivity index (χ1) is 10.1. The molecule has 0 unspecified atom stereocenters. The lowest BCUT2D eigenvalue weighted by Gasteiger charge is -2.12. The number of rotatable bonds is 6. The van der Waals surface area contributed by atoms with Gasteiger partial charge < -0.3 is 15.2 Å². The molecule has 0 fully saturated rings. The predicted molar refractivity (Wildman–Crippen MR) is 77.6 cm³/mol. The minimum absolute atomic E-state index is 0.212. The van der Waals surface area contributed by atoms with E-state index < -0.39 is 5.82 Å². The molecule has 0 bridgehead atoms. The van der Waals surface area contributed by atoms with Crippen LogP contribution >= 0.6 is 0 Å². The van der Waals surface area contributed by atoms with Crippen molar-refractivity contribution < 1.29 is 13.7 Å². The maximum absolute atomic E-state index is 13.8. The van der Waals surface area contributed by atoms with Crippen LogP contribution in [0.1, 0.15) is 35.2 Å². The Morgan fingerprint density at radius 3 is 2.90 bits per heavy atom. The van der Waals surface area contributed by atoms with E-state index >= 15 is 0 Å². The van der Waals surface area contributed by atoms with Gasteiger partial charge in [0.2, 0.25) is 0 Å². The third kappa shape index (κ3) is 3.81. The number of carbonyl (C=O) groups is 1. The molecule has 6 heteroatoms. The Morgan fingerprint density at radius 2 is 2.24 bits per heavy atom. The summed E-state index contributed by atoms with van der Waals surface area (Å²) in [6, 6.07) is 6.17. The van der Waals surface area contributed by atoms with E-state index in [2.05, 4.69) is 15.8 Å². The Balaban J connectivity index is 2.09. The highest BCUT2D eigenvalue weighted by molar-refractivity contribution is 5.99. The predicted octanol–water partition coefficient (Wildman–Crippen LogP) is 2.87. The van der Waals surface area contributed by atoms with Crippen molar-refractivity contribution >= 4 is 11.6 Å². The number of carbonyl (C=O) groups excluding carboxylic acids is 1. The fourth-order valence-electron chi connectivity index (χ4n) is 1.91. The van der Waals surface area contributed by atoms with E-state index in [4.69, 9.17) is 4.52 Å². The summed E-state index contributed by atoms with van der Waals surface area (Å²) < 4.78 is 18.8. The highest BCUT2D eigenvalue weighted by atomic mass is 19.1. The zero-order valence-electron chi connectivity index (χ0n) is 12.1. The minimum atomic E-state index is -0.438. The number of nitrogens with zero attached hydrogens (tertiary/aromatic N) is 1. The Labute approximate surface area is 122 Å². The molecule has 1 aromatic heterocycles. The molecule has 0 saturated heterocycles. The molecule has 0 atom stereocenters. The highest BCUT2D eigenvalue weighted by Gasteiger charge is 2.15. The summed E-state index contributed by atoms with van der Waals surface area (Å²) in [6.45, 7) is 4.58. The van der Waals surface area contributed by atoms with Gasteiger partial charge in [-0.3, -0.25) is 4.79 Å². The van der Waals surface area contributed by atoms with Crippen LogP contribution in [0.15, 0.2) is 28.8 Å². The second-order valence-corrected chi connectivity index (χ2v) is 4.71. The molecule has 0 aliphatic rings. The number of hydrogen-bond acceptors (Lipinski definition) is 4. The van der Waals surface area contributed by atoms with Crippen molar-refractivity contribution in [1.29, 1.82) is 0 Å². The zero-order chi connectivity index (χ0) is 15.2. The SMILES string of the molecule is CCCNc1c(F)cccc1C(=O)NCc1cc(C)no1. The quantitative estimate of drug-likeness (QED) is 0.858. The van der Waals surface area contributed by atoms with Gasteiger partial charge in [-0.1, -0.05) is 18.1 Å². The number of halogens is 1. The summed E-state index contributed by atoms with van der Waals surface area (Å²) in [4.78, 5) is 12.2. The molecule has 2 rings (SSSR count). The second kappa shape index (κ2) is 6.88. The van der Waals surface area contributed by atoms with Crippen LogP contribution in [0.5, 0.6) is 0 Å². The first-order valence-electron chi connectivity index (χ1n) is 6.84. The average molecular weight is 291 g/mol. The van der Waals surface area contributed by atoms with E-state index in [9.17, 15) is 9.18 Å². The fourth-order valence-corrected chi connectivity index (χ4v) is 1.91. The van der Waals surface area contributed by atoms with Gasteiger partial charge in [-0.2, -0.15) is 0 Å². The maximum Gasteiger partial charge on any atom is 0.253 e. The van der Waals surface area contributed by atoms with Gasteiger partial charge in [0.25, 0.3) is 5.91 Å². The summed E-state index contributed by atoms with van der Waals surface area (Å²) in [5, 5.41) is 9.38. The molecular formula is C15H18FN3O2. The third-order valence-corrected chi connectivity index (χ3v) is 2.91. The molecule has 1 aromatic carbocycles. The zero-order valence-corrected chi connectivity index (χ0v) is 12.1. The van der Waals surface area contributed by atoms with Crippen molar-refractivity contribution in [2.45, 2.75) is 26.8 Å². The summed E-state index contributed by atoms with van der Waals surface area (Å²) in [6.07, 6.45) is 0.840. The molecule has 0 radical (unpaired) electrons. The van der Waals surface area contributed by atoms with Crippen LogP contribution in [0.4, 0.5) is 10.1 Å². The number of aromatic nitrogens is 1. The lowest BCUT2D eigenvalue weighted by molar-refractivity contribution is 0.0947. The van der Waals surface area contributed by atoms with Crippen molar-refractivity contribution in [1.82, 2.24) is 10.5 Å². The topological polar surface area (TPSA) is 67.2 Å². The van der Waals surface area contributed by atoms with Crippen LogP contribution in [-0.4, -0.2) is 17.6 Å². The standard InChI is InChI=1S/C15H18FN3O2/c1-3-7-17-14-12(5-4-6-13(14)16)15(20)18-9-11-8-10(2)19-21-11/h4-6,8,17H,3,7,9H2,1-2H3,(H,18,20). The van der Waals surface area contributed by atoms with Gasteiger partial charge in [0.15, 0.2) is 5.76 Å². The molecule has 112 valence electrons. The van der Waals surface area contributed by atoms with Crippen LogP contribution in [0.25, 0.3) is 0 Å². The number of nitrogens with one attached hydrogen (secondary N) is 2. The second-order valence-electron chi connectivity index (χ2n) is 4.71. The molecular weight excluding hydrogens is 273 g/mol. The largest absolute Gasteiger partial charge is 0.382 e. The van der Waals surface area contributed by atoms with E-state index in [0.717, 1.165) is 12.1 Å². The monoisotopic (exact) mass is 291 g/mol. The first-order valence-corrected chi connectivity index (χ1v) is 6.84. The maximum atomic E-state index is 13.8. The number of para-hydroxylation sites is 1. The van der Waals surface area contributed by atoms with E-state index in [0.29, 0.717) is 12.3 Å². The van der Waals surface area contributed by atoms with Crippen molar-refractivity contribution in [2.24, 2.45) is 0 Å². The van der Waals surface area contributed by atoms with Crippen LogP contribution in [-0.2, 0) is 6.54 Å². The number of hydrogen-bond donors (Lipinski definition) is 2. The normalized spacial score (nSPS) is 10.4. The molecule has 0 aliphatic carbocycles. The highest BCUT2D eigenvalue weighted by Crippen LogP contribution is 2.20. The van der Waals surface area contributed by atoms with E-state index in [1.165, 1.54) is 12.1 Å². The summed E-state index contributed by atoms with van der Waals surface area (Å²) in [5.74, 6) is -0.242. The van der Waals surface area contributed by atoms with Crippen LogP contribution in [0.2, 0.25) is 0 Å². The average Bonchev–Trinajstić information content (AvgIpc) is 2.89. The van der Waals surface area contributed by atoms with Gasteiger partial charge >= 0.3 is 0 Å². The van der Waals surface area contributed by atoms with E-state index in [1.807, 2.05) is 6.92 Å². The number of aryl methyl sites for hydroxylation is 1. The van der Waals surface area contributed by atoms with Crippen molar-refractivity contribution in [3.8, 4) is 0 Å². The molecule has 0 saturated carbocycles. The Bertz CT molecular complexity index is 625. The number of benzene rings is 1. The minimum Gasteiger partial charge on any atom is -0.382 e. The third-order valence-electron chi connectivity index (χ3n) is 2.91. The van der Waals surface area contributed by atoms with Gasteiger partial charge in [0.05, 0.1) is 23.5 Å². The molecule has 1 amide bonds. The van der Waals surface area contributed by atoms with E-state index in [1.54, 1.807) is 19.1 Å². The van der Waals surface area contributed by atoms with Crippen molar-refractivity contribution in [2.75, 3.05) is 11.9 Å². The summed E-state index contributed by atoms with van der Waals surface area (Å²) >= 11 is 0. The molecule has 0 spiro atoms. The first kappa shape index (κ1) is 15.0. The van der Waals surface area contributed by atoms with Gasteiger partial charge in [-0.05, 0) is 25.5 Å². The van der Waals surface area contributed by atoms with Crippen LogP contribution < -0.4 is 10.6 Å². The summed E-state index contributed by atoms with van der Waals surface area (Å²) in [5.41, 5.74) is 1.25. The molecule has 2 N–H and O–H groups in total. The lowest BCUT2D eigenvalue weighted by atomic mass is 10.1. The number of anilines is 1. The van der Waals surface area contributed by atoms with Gasteiger partial charge in [-0.25, -0.2) is 4.39 Å². The van der Waals surface area contributed by atoms with Crippen molar-refractivity contribution in [3.63, 3.8) is 0 Å². The van der Waals surface area contributed by atoms with Gasteiger partial charge in [0, 0.05) is 12.6 Å². The molecule has 21 heavy (non-hydrogen) atoms. The smallest absolute Gasteiger partial charge is 0.253 e. The van der Waals surface area contributed by atoms with Gasteiger partial charge in [-0.15, -0.1) is 0 Å². The molecule has 0 aliphatic heterocycles. The lowest BCUT2D eigenvalue weighted by Crippen LogP contribution is -2.24. The Morgan fingerprint density at radius 1 is 1.43 bits per heavy atom. The Kier molecular flexibility index (Phi) is 4.92. The number of amides is 1. The van der Waals surface area contributed by atoms with Crippen molar-refractivity contribution in [3.05, 3.63) is 47.1 Å². The van der Waals surface area contributed by atoms with Gasteiger partial charge in [0.1, 0.15) is 5.82 Å². The Hall–Kier alpha value is -2.37. The van der Waals surface area contributed by atoms with Crippen LogP contribution in [0.3, 0.4) is 0 Å². The summed E-state index contributed by atoms with van der Waals surface area (Å²) in [7, 11) is 0. The molecule has 1 heterocycles. The molecule has 2 aromatic rings. The fraction of sp³-hybridized carbons (Fsp3) is 0.333. The molecule has 5 nitrogen and oxygen atoms in total. The van der Waals surface area contributed by atoms with E-state index in [-0.39, 0.29) is 23.7 Å². The van der Waals surface area contributed by atoms with Crippen LogP contribution in [0, 0.1) is 12.7 Å².